The molecule has 0 saturated heterocycles. The topological polar surface area (TPSA) is 47.6 Å². The van der Waals surface area contributed by atoms with Gasteiger partial charge in [-0.2, -0.15) is 0 Å². The van der Waals surface area contributed by atoms with E-state index >= 15 is 0 Å². The first-order chi connectivity index (χ1) is 11.3. The van der Waals surface area contributed by atoms with Gasteiger partial charge in [0, 0.05) is 11.6 Å². The maximum atomic E-state index is 12.0. The molecule has 1 aliphatic heterocycles. The molecular formula is C19H17NO3. The van der Waals surface area contributed by atoms with E-state index in [1.807, 2.05) is 42.5 Å². The first-order valence-corrected chi connectivity index (χ1v) is 7.31. The second kappa shape index (κ2) is 6.83. The van der Waals surface area contributed by atoms with Gasteiger partial charge in [0.05, 0.1) is 12.8 Å². The Hall–Kier alpha value is -3.01. The lowest BCUT2D eigenvalue weighted by Crippen LogP contribution is -2.10. The second-order valence-corrected chi connectivity index (χ2v) is 5.07. The Morgan fingerprint density at radius 2 is 1.96 bits per heavy atom. The molecule has 2 aromatic carbocycles. The summed E-state index contributed by atoms with van der Waals surface area (Å²) in [7, 11) is 1.57. The van der Waals surface area contributed by atoms with Gasteiger partial charge in [-0.3, -0.25) is 4.79 Å². The van der Waals surface area contributed by atoms with Crippen molar-refractivity contribution in [3.05, 3.63) is 71.8 Å². The van der Waals surface area contributed by atoms with Gasteiger partial charge in [-0.15, -0.1) is 0 Å². The Morgan fingerprint density at radius 1 is 1.17 bits per heavy atom. The van der Waals surface area contributed by atoms with Gasteiger partial charge in [-0.25, -0.2) is 0 Å². The van der Waals surface area contributed by atoms with Crippen molar-refractivity contribution < 1.29 is 14.3 Å². The van der Waals surface area contributed by atoms with Gasteiger partial charge < -0.3 is 14.8 Å². The van der Waals surface area contributed by atoms with E-state index in [0.717, 1.165) is 16.9 Å². The smallest absolute Gasteiger partial charge is 0.248 e. The molecule has 1 N–H and O–H groups in total. The van der Waals surface area contributed by atoms with Gasteiger partial charge in [0.15, 0.2) is 0 Å². The Kier molecular flexibility index (Phi) is 4.43. The van der Waals surface area contributed by atoms with Crippen LogP contribution in [0, 0.1) is 0 Å². The first-order valence-electron chi connectivity index (χ1n) is 7.31. The SMILES string of the molecule is COc1ccccc1NC(=O)C=CC1=Cc2ccccc2OC1. The van der Waals surface area contributed by atoms with Gasteiger partial charge in [0.25, 0.3) is 0 Å². The zero-order valence-electron chi connectivity index (χ0n) is 12.8. The zero-order valence-corrected chi connectivity index (χ0v) is 12.8. The number of carbonyl (C=O) groups excluding carboxylic acids is 1. The number of para-hydroxylation sites is 3. The largest absolute Gasteiger partial charge is 0.495 e. The standard InChI is InChI=1S/C19H17NO3/c1-22-18-9-5-3-7-16(18)20-19(21)11-10-14-12-15-6-2-4-8-17(15)23-13-14/h2-12H,13H2,1H3,(H,20,21). The highest BCUT2D eigenvalue weighted by atomic mass is 16.5. The van der Waals surface area contributed by atoms with Crippen molar-refractivity contribution in [2.24, 2.45) is 0 Å². The number of hydrogen-bond acceptors (Lipinski definition) is 3. The summed E-state index contributed by atoms with van der Waals surface area (Å²) in [6.07, 6.45) is 5.28. The molecule has 0 atom stereocenters. The summed E-state index contributed by atoms with van der Waals surface area (Å²) in [4.78, 5) is 12.0. The summed E-state index contributed by atoms with van der Waals surface area (Å²) in [6.45, 7) is 0.454. The first kappa shape index (κ1) is 14.9. The molecule has 0 unspecified atom stereocenters. The van der Waals surface area contributed by atoms with E-state index in [0.29, 0.717) is 18.0 Å². The van der Waals surface area contributed by atoms with Gasteiger partial charge in [0.2, 0.25) is 5.91 Å². The molecule has 1 amide bonds. The van der Waals surface area contributed by atoms with Crippen molar-refractivity contribution in [2.45, 2.75) is 0 Å². The van der Waals surface area contributed by atoms with Crippen LogP contribution in [-0.4, -0.2) is 19.6 Å². The molecule has 0 aromatic heterocycles. The molecule has 0 fully saturated rings. The molecule has 1 aliphatic rings. The van der Waals surface area contributed by atoms with Gasteiger partial charge >= 0.3 is 0 Å². The minimum absolute atomic E-state index is 0.214. The fourth-order valence-corrected chi connectivity index (χ4v) is 2.33. The summed E-state index contributed by atoms with van der Waals surface area (Å²) in [5, 5.41) is 2.80. The number of benzene rings is 2. The van der Waals surface area contributed by atoms with E-state index in [4.69, 9.17) is 9.47 Å². The third kappa shape index (κ3) is 3.61. The number of rotatable bonds is 4. The van der Waals surface area contributed by atoms with Crippen molar-refractivity contribution in [2.75, 3.05) is 19.0 Å². The molecule has 2 aromatic rings. The third-order valence-electron chi connectivity index (χ3n) is 3.47. The zero-order chi connectivity index (χ0) is 16.1. The summed E-state index contributed by atoms with van der Waals surface area (Å²) in [6, 6.07) is 15.1. The van der Waals surface area contributed by atoms with Crippen LogP contribution in [0.25, 0.3) is 6.08 Å². The Morgan fingerprint density at radius 3 is 2.83 bits per heavy atom. The highest BCUT2D eigenvalue weighted by Crippen LogP contribution is 2.26. The van der Waals surface area contributed by atoms with E-state index in [2.05, 4.69) is 5.32 Å². The van der Waals surface area contributed by atoms with Crippen molar-refractivity contribution >= 4 is 17.7 Å². The van der Waals surface area contributed by atoms with Crippen molar-refractivity contribution in [1.82, 2.24) is 0 Å². The minimum Gasteiger partial charge on any atom is -0.495 e. The van der Waals surface area contributed by atoms with Gasteiger partial charge in [-0.1, -0.05) is 36.4 Å². The molecule has 0 bridgehead atoms. The monoisotopic (exact) mass is 307 g/mol. The van der Waals surface area contributed by atoms with Crippen LogP contribution in [0.1, 0.15) is 5.56 Å². The van der Waals surface area contributed by atoms with Crippen molar-refractivity contribution in [3.63, 3.8) is 0 Å². The van der Waals surface area contributed by atoms with E-state index < -0.39 is 0 Å². The molecule has 0 aliphatic carbocycles. The predicted octanol–water partition coefficient (Wildman–Crippen LogP) is 3.67. The lowest BCUT2D eigenvalue weighted by Gasteiger charge is -2.15. The number of nitrogens with one attached hydrogen (secondary N) is 1. The van der Waals surface area contributed by atoms with E-state index in [-0.39, 0.29) is 5.91 Å². The predicted molar refractivity (Wildman–Crippen MR) is 90.7 cm³/mol. The van der Waals surface area contributed by atoms with Crippen molar-refractivity contribution in [1.29, 1.82) is 0 Å². The normalized spacial score (nSPS) is 13.0. The molecule has 4 heteroatoms. The lowest BCUT2D eigenvalue weighted by atomic mass is 10.1. The summed E-state index contributed by atoms with van der Waals surface area (Å²) in [5.74, 6) is 1.28. The van der Waals surface area contributed by atoms with Crippen LogP contribution in [-0.2, 0) is 4.79 Å². The van der Waals surface area contributed by atoms with Crippen LogP contribution in [0.15, 0.2) is 66.3 Å². The molecule has 0 saturated carbocycles. The average molecular weight is 307 g/mol. The maximum absolute atomic E-state index is 12.0. The van der Waals surface area contributed by atoms with Crippen LogP contribution in [0.2, 0.25) is 0 Å². The van der Waals surface area contributed by atoms with Crippen LogP contribution in [0.4, 0.5) is 5.69 Å². The van der Waals surface area contributed by atoms with E-state index in [1.165, 1.54) is 6.08 Å². The third-order valence-corrected chi connectivity index (χ3v) is 3.47. The molecular weight excluding hydrogens is 290 g/mol. The molecule has 116 valence electrons. The van der Waals surface area contributed by atoms with Gasteiger partial charge in [-0.05, 0) is 29.8 Å². The Bertz CT molecular complexity index is 778. The summed E-state index contributed by atoms with van der Waals surface area (Å²) < 4.78 is 10.9. The van der Waals surface area contributed by atoms with Gasteiger partial charge in [0.1, 0.15) is 18.1 Å². The second-order valence-electron chi connectivity index (χ2n) is 5.07. The fraction of sp³-hybridized carbons (Fsp3) is 0.105. The minimum atomic E-state index is -0.214. The Balaban J connectivity index is 1.69. The van der Waals surface area contributed by atoms with Crippen LogP contribution in [0.3, 0.4) is 0 Å². The summed E-state index contributed by atoms with van der Waals surface area (Å²) in [5.41, 5.74) is 2.60. The molecule has 1 heterocycles. The number of anilines is 1. The number of carbonyl (C=O) groups is 1. The van der Waals surface area contributed by atoms with E-state index in [1.54, 1.807) is 25.3 Å². The van der Waals surface area contributed by atoms with Crippen molar-refractivity contribution in [3.8, 4) is 11.5 Å². The number of ether oxygens (including phenoxy) is 2. The van der Waals surface area contributed by atoms with E-state index in [9.17, 15) is 4.79 Å². The van der Waals surface area contributed by atoms with Crippen LogP contribution < -0.4 is 14.8 Å². The maximum Gasteiger partial charge on any atom is 0.248 e. The molecule has 0 radical (unpaired) electrons. The average Bonchev–Trinajstić information content (AvgIpc) is 2.60. The number of hydrogen-bond donors (Lipinski definition) is 1. The highest BCUT2D eigenvalue weighted by molar-refractivity contribution is 6.00. The number of fused-ring (bicyclic) bond motifs is 1. The number of methoxy groups -OCH3 is 1. The summed E-state index contributed by atoms with van der Waals surface area (Å²) >= 11 is 0. The number of amides is 1. The highest BCUT2D eigenvalue weighted by Gasteiger charge is 2.09. The fourth-order valence-electron chi connectivity index (χ4n) is 2.33. The quantitative estimate of drug-likeness (QED) is 0.877. The molecule has 0 spiro atoms. The van der Waals surface area contributed by atoms with Crippen LogP contribution >= 0.6 is 0 Å². The molecule has 3 rings (SSSR count). The lowest BCUT2D eigenvalue weighted by molar-refractivity contribution is -0.111. The molecule has 4 nitrogen and oxygen atoms in total. The molecule has 23 heavy (non-hydrogen) atoms. The Labute approximate surface area is 135 Å². The van der Waals surface area contributed by atoms with Crippen LogP contribution in [0.5, 0.6) is 11.5 Å².